The Morgan fingerprint density at radius 1 is 1.14 bits per heavy atom. The van der Waals surface area contributed by atoms with E-state index in [0.717, 1.165) is 0 Å². The summed E-state index contributed by atoms with van der Waals surface area (Å²) in [6.07, 6.45) is 0. The summed E-state index contributed by atoms with van der Waals surface area (Å²) in [7, 11) is -4.67. The van der Waals surface area contributed by atoms with E-state index in [9.17, 15) is 0 Å². The first kappa shape index (κ1) is 15.7. The summed E-state index contributed by atoms with van der Waals surface area (Å²) in [5, 5.41) is 0. The van der Waals surface area contributed by atoms with Gasteiger partial charge in [-0.25, -0.2) is 0 Å². The van der Waals surface area contributed by atoms with Crippen LogP contribution in [-0.4, -0.2) is 23.0 Å². The van der Waals surface area contributed by atoms with Gasteiger partial charge in [-0.1, -0.05) is 0 Å². The fourth-order valence-corrected chi connectivity index (χ4v) is 0. The molecule has 0 heterocycles. The first-order valence-corrected chi connectivity index (χ1v) is 2.10. The Kier molecular flexibility index (Phi) is 11.9. The Balaban J connectivity index is -0.0000000800. The molecule has 5 nitrogen and oxygen atoms in total. The first-order valence-electron chi connectivity index (χ1n) is 0.698. The van der Waals surface area contributed by atoms with Gasteiger partial charge >= 0.3 is 10.4 Å². The van der Waals surface area contributed by atoms with Crippen LogP contribution >= 0.6 is 0 Å². The van der Waals surface area contributed by atoms with Gasteiger partial charge in [0.1, 0.15) is 0 Å². The fourth-order valence-electron chi connectivity index (χ4n) is 0. The van der Waals surface area contributed by atoms with Crippen LogP contribution in [0.1, 0.15) is 0 Å². The predicted octanol–water partition coefficient (Wildman–Crippen LogP) is -1.48. The molecule has 0 fully saturated rings. The molecular weight excluding hydrogens is 269 g/mol. The Morgan fingerprint density at radius 2 is 1.14 bits per heavy atom. The summed E-state index contributed by atoms with van der Waals surface area (Å²) in [5.41, 5.74) is 0. The van der Waals surface area contributed by atoms with Crippen molar-refractivity contribution < 1.29 is 62.9 Å². The molecule has 0 amide bonds. The van der Waals surface area contributed by atoms with Gasteiger partial charge < -0.3 is 5.48 Å². The third-order valence-electron chi connectivity index (χ3n) is 0. The molecule has 0 saturated carbocycles. The SMILES string of the molecule is O.O=S(=O)(O)O.[Gd]. The third kappa shape index (κ3) is 143. The average molecular weight is 273 g/mol. The molecule has 0 aliphatic carbocycles. The summed E-state index contributed by atoms with van der Waals surface area (Å²) < 4.78 is 31.6. The molecule has 4 N–H and O–H groups in total. The quantitative estimate of drug-likeness (QED) is 0.525. The van der Waals surface area contributed by atoms with Crippen molar-refractivity contribution in [3.05, 3.63) is 0 Å². The van der Waals surface area contributed by atoms with Crippen LogP contribution in [0.2, 0.25) is 0 Å². The second-order valence-electron chi connectivity index (χ2n) is 0.448. The summed E-state index contributed by atoms with van der Waals surface area (Å²) in [6, 6.07) is 0. The van der Waals surface area contributed by atoms with Crippen molar-refractivity contribution in [1.29, 1.82) is 0 Å². The van der Waals surface area contributed by atoms with E-state index in [1.807, 2.05) is 0 Å². The van der Waals surface area contributed by atoms with E-state index in [1.54, 1.807) is 0 Å². The maximum absolute atomic E-state index is 8.74. The molecule has 0 atom stereocenters. The Morgan fingerprint density at radius 3 is 1.14 bits per heavy atom. The zero-order valence-corrected chi connectivity index (χ0v) is 6.06. The van der Waals surface area contributed by atoms with Crippen LogP contribution in [-0.2, 0) is 10.4 Å². The van der Waals surface area contributed by atoms with Gasteiger partial charge in [-0.2, -0.15) is 8.42 Å². The van der Waals surface area contributed by atoms with E-state index in [2.05, 4.69) is 0 Å². The number of hydrogen-bond acceptors (Lipinski definition) is 2. The molecule has 0 saturated heterocycles. The minimum absolute atomic E-state index is 0. The topological polar surface area (TPSA) is 106 Å². The molecular formula is H4GdO5S. The van der Waals surface area contributed by atoms with E-state index in [-0.39, 0.29) is 45.4 Å². The van der Waals surface area contributed by atoms with Crippen LogP contribution in [0.4, 0.5) is 0 Å². The Bertz CT molecular complexity index is 91.2. The molecule has 0 aliphatic rings. The van der Waals surface area contributed by atoms with Crippen molar-refractivity contribution in [3.63, 3.8) is 0 Å². The molecule has 0 radical (unpaired) electrons. The second-order valence-corrected chi connectivity index (χ2v) is 1.34. The van der Waals surface area contributed by atoms with Gasteiger partial charge in [-0.05, 0) is 0 Å². The van der Waals surface area contributed by atoms with Crippen molar-refractivity contribution in [2.45, 2.75) is 0 Å². The molecule has 7 heavy (non-hydrogen) atoms. The van der Waals surface area contributed by atoms with Gasteiger partial charge in [0.25, 0.3) is 0 Å². The molecule has 48 valence electrons. The zero-order valence-electron chi connectivity index (χ0n) is 2.97. The minimum atomic E-state index is -4.67. The standard InChI is InChI=1S/Gd.H2O4S.H2O/c;1-5(2,3)4;/h;(H2,1,2,3,4);1H2. The molecule has 0 aromatic heterocycles. The smallest absolute Gasteiger partial charge is 0.394 e. The summed E-state index contributed by atoms with van der Waals surface area (Å²) in [6.45, 7) is 0. The van der Waals surface area contributed by atoms with Crippen LogP contribution in [0.15, 0.2) is 0 Å². The van der Waals surface area contributed by atoms with Crippen molar-refractivity contribution in [2.24, 2.45) is 0 Å². The van der Waals surface area contributed by atoms with Gasteiger partial charge in [0.2, 0.25) is 0 Å². The molecule has 0 spiro atoms. The normalized spacial score (nSPS) is 8.29. The van der Waals surface area contributed by atoms with Crippen molar-refractivity contribution in [1.82, 2.24) is 0 Å². The van der Waals surface area contributed by atoms with E-state index in [0.29, 0.717) is 0 Å². The number of rotatable bonds is 0. The van der Waals surface area contributed by atoms with E-state index in [1.165, 1.54) is 0 Å². The summed E-state index contributed by atoms with van der Waals surface area (Å²) >= 11 is 0. The van der Waals surface area contributed by atoms with E-state index in [4.69, 9.17) is 17.5 Å². The van der Waals surface area contributed by atoms with Crippen LogP contribution in [0.5, 0.6) is 0 Å². The molecule has 0 bridgehead atoms. The van der Waals surface area contributed by atoms with Gasteiger partial charge in [0.15, 0.2) is 0 Å². The molecule has 7 heteroatoms. The number of hydrogen-bond donors (Lipinski definition) is 2. The van der Waals surface area contributed by atoms with Crippen LogP contribution in [0.3, 0.4) is 0 Å². The van der Waals surface area contributed by atoms with Crippen molar-refractivity contribution in [2.75, 3.05) is 0 Å². The van der Waals surface area contributed by atoms with Gasteiger partial charge in [-0.15, -0.1) is 0 Å². The van der Waals surface area contributed by atoms with Crippen LogP contribution in [0.25, 0.3) is 0 Å². The van der Waals surface area contributed by atoms with Crippen molar-refractivity contribution >= 4 is 10.4 Å². The minimum Gasteiger partial charge on any atom is -0.412 e. The van der Waals surface area contributed by atoms with E-state index >= 15 is 0 Å². The molecule has 0 aliphatic heterocycles. The monoisotopic (exact) mass is 274 g/mol. The molecule has 0 aromatic rings. The van der Waals surface area contributed by atoms with Gasteiger partial charge in [0, 0.05) is 39.9 Å². The maximum Gasteiger partial charge on any atom is 0.394 e. The molecule has 0 unspecified atom stereocenters. The predicted molar refractivity (Wildman–Crippen MR) is 17.8 cm³/mol. The molecule has 0 aromatic carbocycles. The average Bonchev–Trinajstić information content (AvgIpc) is 0.722. The van der Waals surface area contributed by atoms with Gasteiger partial charge in [-0.3, -0.25) is 9.11 Å². The maximum atomic E-state index is 8.74. The largest absolute Gasteiger partial charge is 0.412 e. The van der Waals surface area contributed by atoms with Gasteiger partial charge in [0.05, 0.1) is 0 Å². The van der Waals surface area contributed by atoms with E-state index < -0.39 is 10.4 Å². The first-order chi connectivity index (χ1) is 2.00. The zero-order chi connectivity index (χ0) is 4.50. The Labute approximate surface area is 72.7 Å². The van der Waals surface area contributed by atoms with Crippen LogP contribution in [0, 0.1) is 39.9 Å². The fraction of sp³-hybridized carbons (Fsp3) is 0. The van der Waals surface area contributed by atoms with Crippen molar-refractivity contribution in [3.8, 4) is 0 Å². The summed E-state index contributed by atoms with van der Waals surface area (Å²) in [4.78, 5) is 0. The second kappa shape index (κ2) is 5.29. The Hall–Kier alpha value is 1.15. The summed E-state index contributed by atoms with van der Waals surface area (Å²) in [5.74, 6) is 0. The van der Waals surface area contributed by atoms with Crippen LogP contribution < -0.4 is 0 Å². The third-order valence-corrected chi connectivity index (χ3v) is 0. The molecule has 0 rings (SSSR count).